The monoisotopic (exact) mass is 272 g/mol. The second kappa shape index (κ2) is 9.01. The summed E-state index contributed by atoms with van der Waals surface area (Å²) in [5, 5.41) is 26.5. The van der Waals surface area contributed by atoms with E-state index in [1.165, 1.54) is 0 Å². The van der Waals surface area contributed by atoms with Crippen LogP contribution in [0.4, 0.5) is 0 Å². The Morgan fingerprint density at radius 1 is 1.05 bits per heavy atom. The molecule has 3 N–H and O–H groups in total. The van der Waals surface area contributed by atoms with E-state index >= 15 is 0 Å². The average Bonchev–Trinajstić information content (AvgIpc) is 2.39. The normalized spacial score (nSPS) is 11.5. The number of carbonyl (C=O) groups is 3. The fourth-order valence-electron chi connectivity index (χ4n) is 1.27. The van der Waals surface area contributed by atoms with Crippen molar-refractivity contribution in [2.75, 3.05) is 19.8 Å². The van der Waals surface area contributed by atoms with Crippen LogP contribution >= 0.6 is 0 Å². The SMILES string of the molecule is C=CC(=O)COC(=O)/C(CCO)=C(/CCO)C(=O)O. The number of aliphatic hydroxyl groups is 2. The first-order valence-corrected chi connectivity index (χ1v) is 5.47. The van der Waals surface area contributed by atoms with Crippen molar-refractivity contribution in [2.24, 2.45) is 0 Å². The molecule has 0 aliphatic heterocycles. The van der Waals surface area contributed by atoms with Crippen LogP contribution in [-0.2, 0) is 19.1 Å². The van der Waals surface area contributed by atoms with Crippen LogP contribution in [0.15, 0.2) is 23.8 Å². The molecule has 0 unspecified atom stereocenters. The zero-order valence-corrected chi connectivity index (χ0v) is 10.3. The number of rotatable bonds is 9. The van der Waals surface area contributed by atoms with Crippen LogP contribution in [0.5, 0.6) is 0 Å². The number of hydrogen-bond acceptors (Lipinski definition) is 6. The van der Waals surface area contributed by atoms with Crippen molar-refractivity contribution in [1.82, 2.24) is 0 Å². The molecule has 0 atom stereocenters. The quantitative estimate of drug-likeness (QED) is 0.379. The van der Waals surface area contributed by atoms with E-state index in [2.05, 4.69) is 11.3 Å². The highest BCUT2D eigenvalue weighted by Gasteiger charge is 2.21. The van der Waals surface area contributed by atoms with E-state index in [1.807, 2.05) is 0 Å². The molecule has 0 saturated carbocycles. The van der Waals surface area contributed by atoms with Gasteiger partial charge in [0.1, 0.15) is 0 Å². The molecule has 0 aliphatic rings. The summed E-state index contributed by atoms with van der Waals surface area (Å²) in [7, 11) is 0. The zero-order chi connectivity index (χ0) is 14.8. The fraction of sp³-hybridized carbons (Fsp3) is 0.417. The molecule has 0 bridgehead atoms. The lowest BCUT2D eigenvalue weighted by Gasteiger charge is -2.10. The summed E-state index contributed by atoms with van der Waals surface area (Å²) in [6, 6.07) is 0. The third kappa shape index (κ3) is 5.94. The number of carboxylic acids is 1. The van der Waals surface area contributed by atoms with Crippen molar-refractivity contribution < 1.29 is 34.4 Å². The maximum absolute atomic E-state index is 11.7. The van der Waals surface area contributed by atoms with E-state index in [0.717, 1.165) is 6.08 Å². The van der Waals surface area contributed by atoms with Gasteiger partial charge in [-0.25, -0.2) is 9.59 Å². The van der Waals surface area contributed by atoms with Gasteiger partial charge < -0.3 is 20.1 Å². The van der Waals surface area contributed by atoms with Crippen molar-refractivity contribution in [3.63, 3.8) is 0 Å². The van der Waals surface area contributed by atoms with Gasteiger partial charge in [0.25, 0.3) is 0 Å². The molecule has 0 fully saturated rings. The Bertz CT molecular complexity index is 395. The highest BCUT2D eigenvalue weighted by atomic mass is 16.5. The lowest BCUT2D eigenvalue weighted by atomic mass is 10.0. The number of esters is 1. The number of aliphatic carboxylic acids is 1. The van der Waals surface area contributed by atoms with E-state index in [9.17, 15) is 14.4 Å². The van der Waals surface area contributed by atoms with E-state index in [-0.39, 0.29) is 24.0 Å². The highest BCUT2D eigenvalue weighted by molar-refractivity contribution is 6.00. The molecule has 0 aromatic heterocycles. The van der Waals surface area contributed by atoms with Crippen LogP contribution < -0.4 is 0 Å². The molecule has 106 valence electrons. The van der Waals surface area contributed by atoms with Crippen molar-refractivity contribution in [3.8, 4) is 0 Å². The Labute approximate surface area is 109 Å². The molecule has 0 amide bonds. The Morgan fingerprint density at radius 3 is 2.00 bits per heavy atom. The standard InChI is InChI=1S/C12H16O7/c1-2-8(15)7-19-12(18)10(4-6-14)9(3-5-13)11(16)17/h2,13-14H,1,3-7H2,(H,16,17)/b10-9-. The topological polar surface area (TPSA) is 121 Å². The van der Waals surface area contributed by atoms with Gasteiger partial charge in [0, 0.05) is 37.2 Å². The predicted molar refractivity (Wildman–Crippen MR) is 64.2 cm³/mol. The third-order valence-electron chi connectivity index (χ3n) is 2.17. The summed E-state index contributed by atoms with van der Waals surface area (Å²) in [5.74, 6) is -2.92. The second-order valence-electron chi connectivity index (χ2n) is 3.46. The van der Waals surface area contributed by atoms with Gasteiger partial charge >= 0.3 is 11.9 Å². The smallest absolute Gasteiger partial charge is 0.335 e. The number of ether oxygens (including phenoxy) is 1. The predicted octanol–water partition coefficient (Wildman–Crippen LogP) is -0.569. The molecule has 7 nitrogen and oxygen atoms in total. The molecule has 0 aliphatic carbocycles. The van der Waals surface area contributed by atoms with Gasteiger partial charge in [-0.2, -0.15) is 0 Å². The van der Waals surface area contributed by atoms with Crippen molar-refractivity contribution in [1.29, 1.82) is 0 Å². The van der Waals surface area contributed by atoms with Gasteiger partial charge in [-0.05, 0) is 6.08 Å². The highest BCUT2D eigenvalue weighted by Crippen LogP contribution is 2.15. The molecule has 19 heavy (non-hydrogen) atoms. The summed E-state index contributed by atoms with van der Waals surface area (Å²) in [6.45, 7) is 1.72. The number of carbonyl (C=O) groups excluding carboxylic acids is 2. The fourth-order valence-corrected chi connectivity index (χ4v) is 1.27. The number of carboxylic acid groups (broad SMARTS) is 1. The summed E-state index contributed by atoms with van der Waals surface area (Å²) in [5.41, 5.74) is -0.603. The molecule has 0 heterocycles. The average molecular weight is 272 g/mol. The first-order valence-electron chi connectivity index (χ1n) is 5.47. The number of aliphatic hydroxyl groups excluding tert-OH is 2. The van der Waals surface area contributed by atoms with Crippen LogP contribution in [0.2, 0.25) is 0 Å². The van der Waals surface area contributed by atoms with Crippen molar-refractivity contribution >= 4 is 17.7 Å². The summed E-state index contributed by atoms with van der Waals surface area (Å²) in [4.78, 5) is 33.5. The second-order valence-corrected chi connectivity index (χ2v) is 3.46. The minimum Gasteiger partial charge on any atom is -0.478 e. The third-order valence-corrected chi connectivity index (χ3v) is 2.17. The van der Waals surface area contributed by atoms with Gasteiger partial charge in [-0.15, -0.1) is 0 Å². The summed E-state index contributed by atoms with van der Waals surface area (Å²) >= 11 is 0. The van der Waals surface area contributed by atoms with Crippen molar-refractivity contribution in [2.45, 2.75) is 12.8 Å². The Kier molecular flexibility index (Phi) is 8.07. The molecule has 7 heteroatoms. The van der Waals surface area contributed by atoms with Gasteiger partial charge in [0.15, 0.2) is 12.4 Å². The summed E-state index contributed by atoms with van der Waals surface area (Å²) < 4.78 is 4.61. The van der Waals surface area contributed by atoms with Crippen LogP contribution in [0.3, 0.4) is 0 Å². The maximum Gasteiger partial charge on any atom is 0.335 e. The van der Waals surface area contributed by atoms with Gasteiger partial charge in [0.05, 0.1) is 0 Å². The Balaban J connectivity index is 5.09. The van der Waals surface area contributed by atoms with E-state index in [4.69, 9.17) is 15.3 Å². The largest absolute Gasteiger partial charge is 0.478 e. The van der Waals surface area contributed by atoms with E-state index in [1.54, 1.807) is 0 Å². The Hall–Kier alpha value is -1.99. The molecule has 0 aromatic rings. The zero-order valence-electron chi connectivity index (χ0n) is 10.3. The van der Waals surface area contributed by atoms with Crippen LogP contribution in [0, 0.1) is 0 Å². The molecular formula is C12H16O7. The summed E-state index contributed by atoms with van der Waals surface area (Å²) in [6.07, 6.45) is 0.479. The Morgan fingerprint density at radius 2 is 1.58 bits per heavy atom. The lowest BCUT2D eigenvalue weighted by molar-refractivity contribution is -0.143. The van der Waals surface area contributed by atoms with Gasteiger partial charge in [-0.3, -0.25) is 4.79 Å². The number of ketones is 1. The first kappa shape index (κ1) is 17.0. The molecule has 0 rings (SSSR count). The molecule has 0 radical (unpaired) electrons. The molecule has 0 aromatic carbocycles. The van der Waals surface area contributed by atoms with E-state index in [0.29, 0.717) is 0 Å². The van der Waals surface area contributed by atoms with Crippen LogP contribution in [-0.4, -0.2) is 52.9 Å². The van der Waals surface area contributed by atoms with Gasteiger partial charge in [0.2, 0.25) is 0 Å². The molecule has 0 saturated heterocycles. The van der Waals surface area contributed by atoms with E-state index < -0.39 is 37.5 Å². The minimum absolute atomic E-state index is 0.233. The lowest BCUT2D eigenvalue weighted by Crippen LogP contribution is -2.19. The van der Waals surface area contributed by atoms with Crippen LogP contribution in [0.25, 0.3) is 0 Å². The van der Waals surface area contributed by atoms with Crippen LogP contribution in [0.1, 0.15) is 12.8 Å². The van der Waals surface area contributed by atoms with Crippen molar-refractivity contribution in [3.05, 3.63) is 23.8 Å². The number of hydrogen-bond donors (Lipinski definition) is 3. The minimum atomic E-state index is -1.38. The van der Waals surface area contributed by atoms with Gasteiger partial charge in [-0.1, -0.05) is 6.58 Å². The first-order chi connectivity index (χ1) is 8.97. The molecule has 0 spiro atoms. The maximum atomic E-state index is 11.7. The molecular weight excluding hydrogens is 256 g/mol.